The van der Waals surface area contributed by atoms with Crippen molar-refractivity contribution in [2.45, 2.75) is 51.3 Å². The first kappa shape index (κ1) is 14.8. The Kier molecular flexibility index (Phi) is 4.22. The van der Waals surface area contributed by atoms with Crippen LogP contribution in [0.4, 0.5) is 4.79 Å². The van der Waals surface area contributed by atoms with Gasteiger partial charge in [-0.1, -0.05) is 31.9 Å². The lowest BCUT2D eigenvalue weighted by molar-refractivity contribution is -0.00452. The van der Waals surface area contributed by atoms with Crippen LogP contribution < -0.4 is 0 Å². The zero-order valence-corrected chi connectivity index (χ0v) is 12.9. The maximum atomic E-state index is 12.6. The zero-order chi connectivity index (χ0) is 15.5. The van der Waals surface area contributed by atoms with Gasteiger partial charge in [0.05, 0.1) is 0 Å². The van der Waals surface area contributed by atoms with Gasteiger partial charge in [-0.05, 0) is 31.9 Å². The summed E-state index contributed by atoms with van der Waals surface area (Å²) in [5, 5.41) is 0. The molecule has 0 bridgehead atoms. The number of carbonyl (C=O) groups is 1. The van der Waals surface area contributed by atoms with Crippen LogP contribution in [0.25, 0.3) is 0 Å². The van der Waals surface area contributed by atoms with Crippen molar-refractivity contribution < 1.29 is 9.53 Å². The predicted molar refractivity (Wildman–Crippen MR) is 84.4 cm³/mol. The monoisotopic (exact) mass is 299 g/mol. The van der Waals surface area contributed by atoms with Gasteiger partial charge in [0, 0.05) is 17.8 Å². The second kappa shape index (κ2) is 6.30. The molecule has 1 fully saturated rings. The lowest BCUT2D eigenvalue weighted by atomic mass is 9.94. The first-order valence-corrected chi connectivity index (χ1v) is 7.81. The third-order valence-electron chi connectivity index (χ3n) is 4.17. The number of nitrogens with zero attached hydrogens (tertiary/aromatic N) is 3. The highest BCUT2D eigenvalue weighted by Crippen LogP contribution is 2.34. The molecule has 0 N–H and O–H groups in total. The van der Waals surface area contributed by atoms with E-state index in [1.165, 1.54) is 6.42 Å². The highest BCUT2D eigenvalue weighted by atomic mass is 16.5. The fraction of sp³-hybridized carbons (Fsp3) is 0.471. The van der Waals surface area contributed by atoms with Gasteiger partial charge in [0.1, 0.15) is 5.69 Å². The Labute approximate surface area is 130 Å². The smallest absolute Gasteiger partial charge is 0.350 e. The van der Waals surface area contributed by atoms with Crippen LogP contribution in [0.15, 0.2) is 41.5 Å². The normalized spacial score (nSPS) is 23.0. The van der Waals surface area contributed by atoms with Gasteiger partial charge in [-0.15, -0.1) is 0 Å². The van der Waals surface area contributed by atoms with Crippen molar-refractivity contribution in [1.82, 2.24) is 9.88 Å². The molecule has 2 aliphatic rings. The largest absolute Gasteiger partial charge is 0.447 e. The highest BCUT2D eigenvalue weighted by molar-refractivity contribution is 6.01. The average molecular weight is 299 g/mol. The molecule has 1 aliphatic heterocycles. The molecule has 2 heterocycles. The maximum Gasteiger partial charge on any atom is 0.350 e. The van der Waals surface area contributed by atoms with Gasteiger partial charge in [0.25, 0.3) is 0 Å². The quantitative estimate of drug-likeness (QED) is 0.852. The summed E-state index contributed by atoms with van der Waals surface area (Å²) in [5.74, 6) is 0.313. The Morgan fingerprint density at radius 1 is 1.32 bits per heavy atom. The van der Waals surface area contributed by atoms with Crippen molar-refractivity contribution in [1.29, 1.82) is 0 Å². The number of aliphatic imine (C=N–C) groups is 1. The molecule has 1 aliphatic carbocycles. The highest BCUT2D eigenvalue weighted by Gasteiger charge is 2.38. The number of ether oxygens (including phenoxy) is 1. The molecule has 1 atom stereocenters. The Morgan fingerprint density at radius 2 is 2.09 bits per heavy atom. The standard InChI is InChI=1S/C17H21N3O2/c1-12(2)15-19-17(21)20(13-8-4-3-5-9-13)16(22-15)14-10-6-7-11-18-14/h6-7,10-11,13,16H,1,3-5,8-9H2,2H3. The maximum absolute atomic E-state index is 12.6. The summed E-state index contributed by atoms with van der Waals surface area (Å²) in [5.41, 5.74) is 1.38. The Hall–Kier alpha value is -2.17. The Bertz CT molecular complexity index is 591. The van der Waals surface area contributed by atoms with Crippen molar-refractivity contribution in [3.8, 4) is 0 Å². The second-order valence-electron chi connectivity index (χ2n) is 5.90. The van der Waals surface area contributed by atoms with Crippen molar-refractivity contribution in [3.05, 3.63) is 42.2 Å². The fourth-order valence-corrected chi connectivity index (χ4v) is 3.06. The van der Waals surface area contributed by atoms with Gasteiger partial charge < -0.3 is 4.74 Å². The first-order chi connectivity index (χ1) is 10.7. The number of amides is 2. The van der Waals surface area contributed by atoms with Crippen LogP contribution >= 0.6 is 0 Å². The van der Waals surface area contributed by atoms with Crippen molar-refractivity contribution >= 4 is 11.9 Å². The number of rotatable bonds is 3. The molecule has 1 aromatic rings. The minimum Gasteiger partial charge on any atom is -0.447 e. The number of hydrogen-bond donors (Lipinski definition) is 0. The summed E-state index contributed by atoms with van der Waals surface area (Å²) in [4.78, 5) is 22.8. The van der Waals surface area contributed by atoms with E-state index in [0.717, 1.165) is 31.4 Å². The molecular formula is C17H21N3O2. The third kappa shape index (κ3) is 2.89. The summed E-state index contributed by atoms with van der Waals surface area (Å²) < 4.78 is 5.96. The van der Waals surface area contributed by atoms with Gasteiger partial charge in [-0.2, -0.15) is 4.99 Å². The molecule has 1 unspecified atom stereocenters. The van der Waals surface area contributed by atoms with Gasteiger partial charge >= 0.3 is 6.03 Å². The summed E-state index contributed by atoms with van der Waals surface area (Å²) in [7, 11) is 0. The van der Waals surface area contributed by atoms with E-state index in [4.69, 9.17) is 4.74 Å². The molecule has 0 saturated heterocycles. The summed E-state index contributed by atoms with van der Waals surface area (Å²) in [6.07, 6.45) is 6.71. The van der Waals surface area contributed by atoms with Crippen LogP contribution in [0.1, 0.15) is 50.9 Å². The van der Waals surface area contributed by atoms with E-state index in [0.29, 0.717) is 11.5 Å². The fourth-order valence-electron chi connectivity index (χ4n) is 3.06. The molecule has 2 amide bonds. The minimum absolute atomic E-state index is 0.170. The van der Waals surface area contributed by atoms with Crippen LogP contribution in [0.5, 0.6) is 0 Å². The van der Waals surface area contributed by atoms with Crippen LogP contribution in [0.2, 0.25) is 0 Å². The molecular weight excluding hydrogens is 278 g/mol. The van der Waals surface area contributed by atoms with Crippen molar-refractivity contribution in [2.24, 2.45) is 4.99 Å². The number of hydrogen-bond acceptors (Lipinski definition) is 3. The molecule has 22 heavy (non-hydrogen) atoms. The molecule has 116 valence electrons. The van der Waals surface area contributed by atoms with Gasteiger partial charge in [-0.3, -0.25) is 9.88 Å². The molecule has 5 heteroatoms. The topological polar surface area (TPSA) is 54.8 Å². The van der Waals surface area contributed by atoms with E-state index in [-0.39, 0.29) is 12.1 Å². The number of carbonyl (C=O) groups excluding carboxylic acids is 1. The van der Waals surface area contributed by atoms with Crippen LogP contribution in [0.3, 0.4) is 0 Å². The summed E-state index contributed by atoms with van der Waals surface area (Å²) in [6, 6.07) is 5.57. The molecule has 1 aromatic heterocycles. The van der Waals surface area contributed by atoms with E-state index < -0.39 is 6.23 Å². The minimum atomic E-state index is -0.513. The molecule has 5 nitrogen and oxygen atoms in total. The number of pyridine rings is 1. The van der Waals surface area contributed by atoms with Gasteiger partial charge in [0.2, 0.25) is 12.1 Å². The number of urea groups is 1. The lowest BCUT2D eigenvalue weighted by Crippen LogP contribution is -2.47. The molecule has 0 spiro atoms. The first-order valence-electron chi connectivity index (χ1n) is 7.81. The van der Waals surface area contributed by atoms with Gasteiger partial charge in [-0.25, -0.2) is 4.79 Å². The molecule has 1 saturated carbocycles. The van der Waals surface area contributed by atoms with Crippen molar-refractivity contribution in [3.63, 3.8) is 0 Å². The SMILES string of the molecule is C=C(C)C1=NC(=O)N(C2CCCCC2)C(c2ccccn2)O1. The van der Waals surface area contributed by atoms with Crippen LogP contribution in [-0.4, -0.2) is 27.9 Å². The Balaban J connectivity index is 1.95. The van der Waals surface area contributed by atoms with Gasteiger partial charge in [0.15, 0.2) is 0 Å². The Morgan fingerprint density at radius 3 is 2.73 bits per heavy atom. The molecule has 0 aromatic carbocycles. The summed E-state index contributed by atoms with van der Waals surface area (Å²) in [6.45, 7) is 5.62. The van der Waals surface area contributed by atoms with Crippen LogP contribution in [0, 0.1) is 0 Å². The van der Waals surface area contributed by atoms with Crippen LogP contribution in [-0.2, 0) is 4.74 Å². The third-order valence-corrected chi connectivity index (χ3v) is 4.17. The van der Waals surface area contributed by atoms with E-state index in [2.05, 4.69) is 16.6 Å². The molecule has 0 radical (unpaired) electrons. The zero-order valence-electron chi connectivity index (χ0n) is 12.9. The van der Waals surface area contributed by atoms with E-state index in [1.54, 1.807) is 18.0 Å². The summed E-state index contributed by atoms with van der Waals surface area (Å²) >= 11 is 0. The van der Waals surface area contributed by atoms with E-state index in [1.807, 2.05) is 18.2 Å². The second-order valence-corrected chi connectivity index (χ2v) is 5.90. The molecule has 3 rings (SSSR count). The predicted octanol–water partition coefficient (Wildman–Crippen LogP) is 3.84. The average Bonchev–Trinajstić information content (AvgIpc) is 2.55. The van der Waals surface area contributed by atoms with Crippen molar-refractivity contribution in [2.75, 3.05) is 0 Å². The van der Waals surface area contributed by atoms with E-state index >= 15 is 0 Å². The van der Waals surface area contributed by atoms with E-state index in [9.17, 15) is 4.79 Å². The lowest BCUT2D eigenvalue weighted by Gasteiger charge is -2.40. The number of aromatic nitrogens is 1.